The van der Waals surface area contributed by atoms with Crippen molar-refractivity contribution in [2.45, 2.75) is 64.9 Å². The van der Waals surface area contributed by atoms with Crippen LogP contribution >= 0.6 is 0 Å². The highest BCUT2D eigenvalue weighted by Crippen LogP contribution is 2.39. The van der Waals surface area contributed by atoms with E-state index in [4.69, 9.17) is 9.47 Å². The number of ether oxygens (including phenoxy) is 2. The zero-order valence-corrected chi connectivity index (χ0v) is 12.9. The lowest BCUT2D eigenvalue weighted by Gasteiger charge is -2.33. The van der Waals surface area contributed by atoms with E-state index in [0.29, 0.717) is 31.9 Å². The van der Waals surface area contributed by atoms with Gasteiger partial charge in [-0.25, -0.2) is 4.79 Å². The number of alkyl carbamates (subject to hydrolysis) is 1. The number of rotatable bonds is 7. The zero-order chi connectivity index (χ0) is 15.0. The fourth-order valence-corrected chi connectivity index (χ4v) is 2.65. The molecule has 0 aliphatic heterocycles. The molecule has 0 heterocycles. The van der Waals surface area contributed by atoms with Crippen molar-refractivity contribution >= 4 is 12.1 Å². The fraction of sp³-hybridized carbons (Fsp3) is 0.867. The van der Waals surface area contributed by atoms with Crippen molar-refractivity contribution in [2.24, 2.45) is 5.92 Å². The highest BCUT2D eigenvalue weighted by atomic mass is 16.6. The third kappa shape index (κ3) is 5.02. The molecule has 1 aliphatic rings. The van der Waals surface area contributed by atoms with Crippen molar-refractivity contribution in [2.75, 3.05) is 13.2 Å². The van der Waals surface area contributed by atoms with Crippen LogP contribution in [0.5, 0.6) is 0 Å². The largest absolute Gasteiger partial charge is 0.466 e. The number of hydrogen-bond donors (Lipinski definition) is 1. The minimum atomic E-state index is -0.371. The predicted molar refractivity (Wildman–Crippen MR) is 76.4 cm³/mol. The van der Waals surface area contributed by atoms with Crippen molar-refractivity contribution in [1.29, 1.82) is 0 Å². The molecule has 1 fully saturated rings. The van der Waals surface area contributed by atoms with Crippen LogP contribution in [-0.4, -0.2) is 30.8 Å². The molecule has 1 N–H and O–H groups in total. The standard InChI is InChI=1S/C15H27NO4/c1-4-19-13(17)8-7-11-16-14(18)20-15(12(2)3)9-5-6-10-15/h12H,4-11H2,1-3H3,(H,16,18). The van der Waals surface area contributed by atoms with Gasteiger partial charge in [-0.3, -0.25) is 4.79 Å². The van der Waals surface area contributed by atoms with Crippen molar-refractivity contribution < 1.29 is 19.1 Å². The van der Waals surface area contributed by atoms with E-state index in [-0.39, 0.29) is 17.7 Å². The molecular weight excluding hydrogens is 258 g/mol. The maximum absolute atomic E-state index is 11.8. The number of amides is 1. The van der Waals surface area contributed by atoms with E-state index in [1.807, 2.05) is 0 Å². The quantitative estimate of drug-likeness (QED) is 0.577. The van der Waals surface area contributed by atoms with Crippen LogP contribution in [0, 0.1) is 5.92 Å². The molecule has 0 aromatic carbocycles. The van der Waals surface area contributed by atoms with Gasteiger partial charge in [0.2, 0.25) is 0 Å². The fourth-order valence-electron chi connectivity index (χ4n) is 2.65. The molecule has 1 rings (SSSR count). The van der Waals surface area contributed by atoms with E-state index in [1.165, 1.54) is 0 Å². The molecule has 5 nitrogen and oxygen atoms in total. The molecular formula is C15H27NO4. The maximum atomic E-state index is 11.8. The van der Waals surface area contributed by atoms with Gasteiger partial charge in [-0.05, 0) is 44.9 Å². The normalized spacial score (nSPS) is 17.0. The average molecular weight is 285 g/mol. The Morgan fingerprint density at radius 1 is 1.25 bits per heavy atom. The first-order chi connectivity index (χ1) is 9.50. The van der Waals surface area contributed by atoms with Crippen molar-refractivity contribution in [3.8, 4) is 0 Å². The Kier molecular flexibility index (Phi) is 6.82. The Balaban J connectivity index is 2.24. The van der Waals surface area contributed by atoms with Crippen molar-refractivity contribution in [3.05, 3.63) is 0 Å². The summed E-state index contributed by atoms with van der Waals surface area (Å²) < 4.78 is 10.5. The maximum Gasteiger partial charge on any atom is 0.407 e. The predicted octanol–water partition coefficient (Wildman–Crippen LogP) is 3.02. The number of hydrogen-bond acceptors (Lipinski definition) is 4. The lowest BCUT2D eigenvalue weighted by molar-refractivity contribution is -0.143. The third-order valence-electron chi connectivity index (χ3n) is 3.93. The van der Waals surface area contributed by atoms with Crippen molar-refractivity contribution in [3.63, 3.8) is 0 Å². The molecule has 1 saturated carbocycles. The van der Waals surface area contributed by atoms with Gasteiger partial charge in [-0.1, -0.05) is 13.8 Å². The lowest BCUT2D eigenvalue weighted by Crippen LogP contribution is -2.41. The summed E-state index contributed by atoms with van der Waals surface area (Å²) in [6.45, 7) is 6.80. The van der Waals surface area contributed by atoms with Crippen LogP contribution in [0.15, 0.2) is 0 Å². The minimum Gasteiger partial charge on any atom is -0.466 e. The van der Waals surface area contributed by atoms with Crippen LogP contribution in [0.3, 0.4) is 0 Å². The van der Waals surface area contributed by atoms with Gasteiger partial charge < -0.3 is 14.8 Å². The third-order valence-corrected chi connectivity index (χ3v) is 3.93. The van der Waals surface area contributed by atoms with E-state index >= 15 is 0 Å². The molecule has 0 unspecified atom stereocenters. The SMILES string of the molecule is CCOC(=O)CCCNC(=O)OC1(C(C)C)CCCC1. The molecule has 0 spiro atoms. The summed E-state index contributed by atoms with van der Waals surface area (Å²) in [6.07, 6.45) is 4.65. The van der Waals surface area contributed by atoms with Crippen molar-refractivity contribution in [1.82, 2.24) is 5.32 Å². The first-order valence-corrected chi connectivity index (χ1v) is 7.62. The monoisotopic (exact) mass is 285 g/mol. The molecule has 0 radical (unpaired) electrons. The second-order valence-corrected chi connectivity index (χ2v) is 5.65. The van der Waals surface area contributed by atoms with E-state index < -0.39 is 0 Å². The molecule has 0 atom stereocenters. The van der Waals surface area contributed by atoms with E-state index in [2.05, 4.69) is 19.2 Å². The van der Waals surface area contributed by atoms with Crippen LogP contribution in [0.2, 0.25) is 0 Å². The average Bonchev–Trinajstić information content (AvgIpc) is 2.85. The second-order valence-electron chi connectivity index (χ2n) is 5.65. The van der Waals surface area contributed by atoms with Crippen LogP contribution in [0.4, 0.5) is 4.79 Å². The summed E-state index contributed by atoms with van der Waals surface area (Å²) in [7, 11) is 0. The molecule has 20 heavy (non-hydrogen) atoms. The summed E-state index contributed by atoms with van der Waals surface area (Å²) in [5.41, 5.74) is -0.300. The Labute approximate surface area is 121 Å². The Bertz CT molecular complexity index is 322. The highest BCUT2D eigenvalue weighted by Gasteiger charge is 2.40. The minimum absolute atomic E-state index is 0.225. The Morgan fingerprint density at radius 2 is 1.90 bits per heavy atom. The molecule has 1 amide bonds. The van der Waals surface area contributed by atoms with E-state index in [1.54, 1.807) is 6.92 Å². The highest BCUT2D eigenvalue weighted by molar-refractivity contribution is 5.70. The molecule has 116 valence electrons. The topological polar surface area (TPSA) is 64.6 Å². The lowest BCUT2D eigenvalue weighted by atomic mass is 9.88. The molecule has 0 aromatic heterocycles. The van der Waals surface area contributed by atoms with Gasteiger partial charge in [0.05, 0.1) is 6.61 Å². The zero-order valence-electron chi connectivity index (χ0n) is 12.9. The van der Waals surface area contributed by atoms with E-state index in [0.717, 1.165) is 25.7 Å². The summed E-state index contributed by atoms with van der Waals surface area (Å²) in [4.78, 5) is 23.0. The number of nitrogens with one attached hydrogen (secondary N) is 1. The molecule has 0 aromatic rings. The Hall–Kier alpha value is -1.26. The summed E-state index contributed by atoms with van der Waals surface area (Å²) in [5.74, 6) is 0.104. The van der Waals surface area contributed by atoms with Gasteiger partial charge in [0.1, 0.15) is 5.60 Å². The molecule has 5 heteroatoms. The molecule has 0 saturated heterocycles. The van der Waals surface area contributed by atoms with Gasteiger partial charge in [-0.15, -0.1) is 0 Å². The summed E-state index contributed by atoms with van der Waals surface area (Å²) in [5, 5.41) is 2.72. The van der Waals surface area contributed by atoms with Crippen LogP contribution in [0.25, 0.3) is 0 Å². The number of esters is 1. The van der Waals surface area contributed by atoms with Crippen LogP contribution < -0.4 is 5.32 Å². The van der Waals surface area contributed by atoms with Gasteiger partial charge in [0.15, 0.2) is 0 Å². The molecule has 0 bridgehead atoms. The summed E-state index contributed by atoms with van der Waals surface area (Å²) >= 11 is 0. The first kappa shape index (κ1) is 16.8. The van der Waals surface area contributed by atoms with Gasteiger partial charge in [0.25, 0.3) is 0 Å². The van der Waals surface area contributed by atoms with E-state index in [9.17, 15) is 9.59 Å². The Morgan fingerprint density at radius 3 is 2.45 bits per heavy atom. The van der Waals surface area contributed by atoms with Gasteiger partial charge in [-0.2, -0.15) is 0 Å². The smallest absolute Gasteiger partial charge is 0.407 e. The number of carbonyl (C=O) groups is 2. The van der Waals surface area contributed by atoms with Gasteiger partial charge in [0, 0.05) is 13.0 Å². The van der Waals surface area contributed by atoms with Gasteiger partial charge >= 0.3 is 12.1 Å². The first-order valence-electron chi connectivity index (χ1n) is 7.62. The second kappa shape index (κ2) is 8.12. The van der Waals surface area contributed by atoms with Crippen LogP contribution in [-0.2, 0) is 14.3 Å². The molecule has 1 aliphatic carbocycles. The summed E-state index contributed by atoms with van der Waals surface area (Å²) in [6, 6.07) is 0. The number of carbonyl (C=O) groups excluding carboxylic acids is 2. The van der Waals surface area contributed by atoms with Crippen LogP contribution in [0.1, 0.15) is 59.3 Å².